The van der Waals surface area contributed by atoms with E-state index in [1.54, 1.807) is 0 Å². The predicted molar refractivity (Wildman–Crippen MR) is 71.9 cm³/mol. The number of anilines is 1. The summed E-state index contributed by atoms with van der Waals surface area (Å²) in [6.45, 7) is 6.81. The lowest BCUT2D eigenvalue weighted by atomic mass is 10.1. The molecule has 0 amide bonds. The molecule has 0 fully saturated rings. The summed E-state index contributed by atoms with van der Waals surface area (Å²) in [5.74, 6) is 1.42. The van der Waals surface area contributed by atoms with E-state index in [-0.39, 0.29) is 6.10 Å². The van der Waals surface area contributed by atoms with Gasteiger partial charge in [0.25, 0.3) is 0 Å². The van der Waals surface area contributed by atoms with Gasteiger partial charge in [0.05, 0.1) is 6.10 Å². The van der Waals surface area contributed by atoms with E-state index in [9.17, 15) is 0 Å². The summed E-state index contributed by atoms with van der Waals surface area (Å²) in [5, 5.41) is 6.59. The molecule has 0 saturated heterocycles. The van der Waals surface area contributed by atoms with Crippen LogP contribution >= 0.6 is 0 Å². The van der Waals surface area contributed by atoms with E-state index in [0.717, 1.165) is 31.9 Å². The molecule has 1 aromatic heterocycles. The van der Waals surface area contributed by atoms with Crippen LogP contribution in [0.3, 0.4) is 0 Å². The average Bonchev–Trinajstić information content (AvgIpc) is 2.37. The van der Waals surface area contributed by atoms with Crippen molar-refractivity contribution >= 4 is 5.82 Å². The standard InChI is InChI=1S/C13H20N4O/c1-10(2)18-13-7-12(16-9-17-13)15-8-11-3-5-14-6-4-11/h3,7,9-10,14H,4-6,8H2,1-2H3,(H,15,16,17). The first-order valence-electron chi connectivity index (χ1n) is 6.35. The van der Waals surface area contributed by atoms with Gasteiger partial charge < -0.3 is 15.4 Å². The molecule has 0 radical (unpaired) electrons. The van der Waals surface area contributed by atoms with Crippen molar-refractivity contribution in [2.24, 2.45) is 0 Å². The summed E-state index contributed by atoms with van der Waals surface area (Å²) in [4.78, 5) is 8.26. The Morgan fingerprint density at radius 3 is 3.06 bits per heavy atom. The number of rotatable bonds is 5. The molecule has 2 heterocycles. The number of ether oxygens (including phenoxy) is 1. The second-order valence-electron chi connectivity index (χ2n) is 4.58. The molecule has 0 aromatic carbocycles. The van der Waals surface area contributed by atoms with Gasteiger partial charge in [0, 0.05) is 19.2 Å². The van der Waals surface area contributed by atoms with Gasteiger partial charge in [0.1, 0.15) is 12.1 Å². The summed E-state index contributed by atoms with van der Waals surface area (Å²) in [6.07, 6.45) is 4.97. The Kier molecular flexibility index (Phi) is 4.52. The van der Waals surface area contributed by atoms with E-state index in [2.05, 4.69) is 26.7 Å². The van der Waals surface area contributed by atoms with Crippen LogP contribution in [0.4, 0.5) is 5.82 Å². The second-order valence-corrected chi connectivity index (χ2v) is 4.58. The molecule has 2 N–H and O–H groups in total. The molecule has 98 valence electrons. The van der Waals surface area contributed by atoms with E-state index in [1.165, 1.54) is 11.9 Å². The smallest absolute Gasteiger partial charge is 0.218 e. The van der Waals surface area contributed by atoms with Crippen LogP contribution in [0.25, 0.3) is 0 Å². The Hall–Kier alpha value is -1.62. The topological polar surface area (TPSA) is 59.1 Å². The fraction of sp³-hybridized carbons (Fsp3) is 0.538. The minimum atomic E-state index is 0.125. The highest BCUT2D eigenvalue weighted by atomic mass is 16.5. The van der Waals surface area contributed by atoms with Gasteiger partial charge in [-0.25, -0.2) is 9.97 Å². The van der Waals surface area contributed by atoms with Crippen molar-refractivity contribution in [1.82, 2.24) is 15.3 Å². The lowest BCUT2D eigenvalue weighted by molar-refractivity contribution is 0.232. The first-order valence-corrected chi connectivity index (χ1v) is 6.35. The molecule has 1 aromatic rings. The molecule has 0 saturated carbocycles. The zero-order valence-electron chi connectivity index (χ0n) is 10.9. The summed E-state index contributed by atoms with van der Waals surface area (Å²) in [5.41, 5.74) is 1.42. The third-order valence-electron chi connectivity index (χ3n) is 2.65. The minimum Gasteiger partial charge on any atom is -0.475 e. The number of aromatic nitrogens is 2. The zero-order valence-corrected chi connectivity index (χ0v) is 10.9. The number of hydrogen-bond acceptors (Lipinski definition) is 5. The van der Waals surface area contributed by atoms with Crippen molar-refractivity contribution in [3.05, 3.63) is 24.0 Å². The highest BCUT2D eigenvalue weighted by molar-refractivity contribution is 5.38. The molecule has 2 rings (SSSR count). The quantitative estimate of drug-likeness (QED) is 0.775. The fourth-order valence-electron chi connectivity index (χ4n) is 1.78. The third kappa shape index (κ3) is 4.00. The Bertz CT molecular complexity index is 417. The third-order valence-corrected chi connectivity index (χ3v) is 2.65. The number of hydrogen-bond donors (Lipinski definition) is 2. The van der Waals surface area contributed by atoms with Crippen LogP contribution in [0, 0.1) is 0 Å². The Morgan fingerprint density at radius 1 is 1.44 bits per heavy atom. The molecule has 18 heavy (non-hydrogen) atoms. The average molecular weight is 248 g/mol. The molecule has 0 aliphatic carbocycles. The predicted octanol–water partition coefficient (Wildman–Crippen LogP) is 1.60. The van der Waals surface area contributed by atoms with Crippen LogP contribution in [0.5, 0.6) is 5.88 Å². The van der Waals surface area contributed by atoms with Gasteiger partial charge in [-0.05, 0) is 26.8 Å². The first-order chi connectivity index (χ1) is 8.74. The van der Waals surface area contributed by atoms with E-state index in [1.807, 2.05) is 19.9 Å². The maximum atomic E-state index is 5.53. The van der Waals surface area contributed by atoms with Crippen LogP contribution in [0.15, 0.2) is 24.0 Å². The Labute approximate surface area is 108 Å². The van der Waals surface area contributed by atoms with Crippen molar-refractivity contribution < 1.29 is 4.74 Å². The van der Waals surface area contributed by atoms with Crippen LogP contribution in [0.1, 0.15) is 20.3 Å². The van der Waals surface area contributed by atoms with E-state index in [4.69, 9.17) is 4.74 Å². The van der Waals surface area contributed by atoms with E-state index >= 15 is 0 Å². The van der Waals surface area contributed by atoms with Gasteiger partial charge in [-0.15, -0.1) is 0 Å². The molecule has 1 aliphatic heterocycles. The highest BCUT2D eigenvalue weighted by Crippen LogP contribution is 2.13. The molecule has 0 spiro atoms. The molecule has 0 atom stereocenters. The van der Waals surface area contributed by atoms with Crippen molar-refractivity contribution in [3.8, 4) is 5.88 Å². The van der Waals surface area contributed by atoms with Gasteiger partial charge in [0.2, 0.25) is 5.88 Å². The van der Waals surface area contributed by atoms with Gasteiger partial charge >= 0.3 is 0 Å². The molecule has 0 unspecified atom stereocenters. The monoisotopic (exact) mass is 248 g/mol. The van der Waals surface area contributed by atoms with Gasteiger partial charge in [-0.1, -0.05) is 11.6 Å². The van der Waals surface area contributed by atoms with Crippen molar-refractivity contribution in [3.63, 3.8) is 0 Å². The zero-order chi connectivity index (χ0) is 12.8. The maximum Gasteiger partial charge on any atom is 0.218 e. The summed E-state index contributed by atoms with van der Waals surface area (Å²) < 4.78 is 5.53. The molecule has 5 nitrogen and oxygen atoms in total. The van der Waals surface area contributed by atoms with Gasteiger partial charge in [-0.3, -0.25) is 0 Å². The molecule has 5 heteroatoms. The van der Waals surface area contributed by atoms with Crippen LogP contribution in [-0.4, -0.2) is 35.7 Å². The summed E-state index contributed by atoms with van der Waals surface area (Å²) in [7, 11) is 0. The summed E-state index contributed by atoms with van der Waals surface area (Å²) >= 11 is 0. The van der Waals surface area contributed by atoms with Crippen molar-refractivity contribution in [2.45, 2.75) is 26.4 Å². The first kappa shape index (κ1) is 12.8. The Morgan fingerprint density at radius 2 is 2.33 bits per heavy atom. The molecule has 1 aliphatic rings. The van der Waals surface area contributed by atoms with E-state index in [0.29, 0.717) is 5.88 Å². The largest absolute Gasteiger partial charge is 0.475 e. The Balaban J connectivity index is 1.90. The maximum absolute atomic E-state index is 5.53. The SMILES string of the molecule is CC(C)Oc1cc(NCC2=CCNCC2)ncn1. The lowest BCUT2D eigenvalue weighted by Crippen LogP contribution is -2.23. The number of nitrogens with zero attached hydrogens (tertiary/aromatic N) is 2. The number of nitrogens with one attached hydrogen (secondary N) is 2. The van der Waals surface area contributed by atoms with Gasteiger partial charge in [0.15, 0.2) is 0 Å². The van der Waals surface area contributed by atoms with Gasteiger partial charge in [-0.2, -0.15) is 0 Å². The minimum absolute atomic E-state index is 0.125. The highest BCUT2D eigenvalue weighted by Gasteiger charge is 2.05. The van der Waals surface area contributed by atoms with E-state index < -0.39 is 0 Å². The normalized spacial score (nSPS) is 15.4. The lowest BCUT2D eigenvalue weighted by Gasteiger charge is -2.15. The summed E-state index contributed by atoms with van der Waals surface area (Å²) in [6, 6.07) is 1.83. The molecule has 0 bridgehead atoms. The van der Waals surface area contributed by atoms with Crippen LogP contribution < -0.4 is 15.4 Å². The van der Waals surface area contributed by atoms with Crippen LogP contribution in [0.2, 0.25) is 0 Å². The molecular formula is C13H20N4O. The van der Waals surface area contributed by atoms with Crippen LogP contribution in [-0.2, 0) is 0 Å². The van der Waals surface area contributed by atoms with Crippen molar-refractivity contribution in [1.29, 1.82) is 0 Å². The van der Waals surface area contributed by atoms with Crippen molar-refractivity contribution in [2.75, 3.05) is 25.0 Å². The fourth-order valence-corrected chi connectivity index (χ4v) is 1.78. The molecular weight excluding hydrogens is 228 g/mol. The second kappa shape index (κ2) is 6.35.